The Morgan fingerprint density at radius 3 is 2.75 bits per heavy atom. The van der Waals surface area contributed by atoms with Crippen LogP contribution in [-0.2, 0) is 4.79 Å². The number of aromatic nitrogens is 1. The molecule has 0 aliphatic heterocycles. The number of anilines is 2. The van der Waals surface area contributed by atoms with E-state index in [-0.39, 0.29) is 24.2 Å². The molecular formula is C21H22FN3O2S. The minimum Gasteiger partial charge on any atom is -0.491 e. The lowest BCUT2D eigenvalue weighted by atomic mass is 10.1. The molecule has 1 amide bonds. The van der Waals surface area contributed by atoms with Crippen LogP contribution >= 0.6 is 11.3 Å². The number of nitrogens with one attached hydrogen (secondary N) is 2. The molecule has 3 aromatic rings. The molecule has 0 radical (unpaired) electrons. The number of rotatable bonds is 7. The predicted octanol–water partition coefficient (Wildman–Crippen LogP) is 5.10. The number of hydrogen-bond donors (Lipinski definition) is 2. The summed E-state index contributed by atoms with van der Waals surface area (Å²) >= 11 is 1.58. The van der Waals surface area contributed by atoms with E-state index in [1.54, 1.807) is 29.5 Å². The third kappa shape index (κ3) is 5.29. The Morgan fingerprint density at radius 1 is 1.25 bits per heavy atom. The topological polar surface area (TPSA) is 63.2 Å². The molecule has 28 heavy (non-hydrogen) atoms. The van der Waals surface area contributed by atoms with Gasteiger partial charge in [-0.2, -0.15) is 0 Å². The number of nitrogens with zero attached hydrogens (tertiary/aromatic N) is 1. The van der Waals surface area contributed by atoms with Gasteiger partial charge in [-0.15, -0.1) is 11.3 Å². The van der Waals surface area contributed by atoms with Crippen LogP contribution in [0.2, 0.25) is 0 Å². The van der Waals surface area contributed by atoms with Crippen molar-refractivity contribution in [2.45, 2.75) is 26.9 Å². The highest BCUT2D eigenvalue weighted by Crippen LogP contribution is 2.24. The van der Waals surface area contributed by atoms with Crippen LogP contribution in [0.1, 0.15) is 18.9 Å². The molecule has 7 heteroatoms. The number of hydrogen-bond acceptors (Lipinski definition) is 5. The van der Waals surface area contributed by atoms with Crippen molar-refractivity contribution in [2.24, 2.45) is 0 Å². The average molecular weight is 399 g/mol. The summed E-state index contributed by atoms with van der Waals surface area (Å²) in [5.41, 5.74) is 2.72. The van der Waals surface area contributed by atoms with Gasteiger partial charge in [0.15, 0.2) is 0 Å². The van der Waals surface area contributed by atoms with E-state index in [1.165, 1.54) is 6.07 Å². The fourth-order valence-corrected chi connectivity index (χ4v) is 3.24. The SMILES string of the molecule is Cc1nc(-c2cccc(NC(=O)CNc3ccc(OC(C)C)cc3F)c2)cs1. The summed E-state index contributed by atoms with van der Waals surface area (Å²) in [5.74, 6) is -0.281. The van der Waals surface area contributed by atoms with E-state index in [9.17, 15) is 9.18 Å². The van der Waals surface area contributed by atoms with E-state index in [0.29, 0.717) is 11.4 Å². The van der Waals surface area contributed by atoms with E-state index in [4.69, 9.17) is 4.74 Å². The second kappa shape index (κ2) is 8.84. The van der Waals surface area contributed by atoms with Gasteiger partial charge in [-0.1, -0.05) is 12.1 Å². The maximum Gasteiger partial charge on any atom is 0.243 e. The fraction of sp³-hybridized carbons (Fsp3) is 0.238. The molecule has 3 rings (SSSR count). The van der Waals surface area contributed by atoms with Crippen LogP contribution in [0, 0.1) is 12.7 Å². The Morgan fingerprint density at radius 2 is 2.07 bits per heavy atom. The van der Waals surface area contributed by atoms with E-state index in [2.05, 4.69) is 15.6 Å². The van der Waals surface area contributed by atoms with Gasteiger partial charge in [0, 0.05) is 22.7 Å². The molecule has 1 aromatic heterocycles. The normalized spacial score (nSPS) is 10.8. The van der Waals surface area contributed by atoms with Gasteiger partial charge in [0.2, 0.25) is 5.91 Å². The number of halogens is 1. The largest absolute Gasteiger partial charge is 0.491 e. The van der Waals surface area contributed by atoms with Crippen molar-refractivity contribution < 1.29 is 13.9 Å². The molecule has 0 bridgehead atoms. The smallest absolute Gasteiger partial charge is 0.243 e. The summed E-state index contributed by atoms with van der Waals surface area (Å²) in [6.45, 7) is 5.64. The first kappa shape index (κ1) is 19.8. The Hall–Kier alpha value is -2.93. The van der Waals surface area contributed by atoms with E-state index >= 15 is 0 Å². The second-order valence-corrected chi connectivity index (χ2v) is 7.60. The molecule has 1 heterocycles. The number of carbonyl (C=O) groups is 1. The number of carbonyl (C=O) groups excluding carboxylic acids is 1. The summed E-state index contributed by atoms with van der Waals surface area (Å²) in [7, 11) is 0. The summed E-state index contributed by atoms with van der Waals surface area (Å²) in [5, 5.41) is 8.59. The molecule has 0 fully saturated rings. The highest BCUT2D eigenvalue weighted by Gasteiger charge is 2.09. The van der Waals surface area contributed by atoms with Gasteiger partial charge in [-0.25, -0.2) is 9.37 Å². The Kier molecular flexibility index (Phi) is 6.26. The zero-order chi connectivity index (χ0) is 20.1. The van der Waals surface area contributed by atoms with Crippen LogP contribution in [0.25, 0.3) is 11.3 Å². The number of aryl methyl sites for hydroxylation is 1. The maximum atomic E-state index is 14.1. The molecule has 0 aliphatic carbocycles. The van der Waals surface area contributed by atoms with Gasteiger partial charge in [-0.05, 0) is 45.0 Å². The minimum absolute atomic E-state index is 0.0343. The molecule has 0 atom stereocenters. The van der Waals surface area contributed by atoms with Crippen molar-refractivity contribution in [3.63, 3.8) is 0 Å². The predicted molar refractivity (Wildman–Crippen MR) is 112 cm³/mol. The lowest BCUT2D eigenvalue weighted by Crippen LogP contribution is -2.22. The Bertz CT molecular complexity index is 972. The molecule has 5 nitrogen and oxygen atoms in total. The molecule has 2 N–H and O–H groups in total. The van der Waals surface area contributed by atoms with Gasteiger partial charge >= 0.3 is 0 Å². The third-order valence-electron chi connectivity index (χ3n) is 3.81. The molecule has 0 saturated heterocycles. The van der Waals surface area contributed by atoms with Gasteiger partial charge < -0.3 is 15.4 Å². The summed E-state index contributed by atoms with van der Waals surface area (Å²) < 4.78 is 19.6. The molecule has 0 unspecified atom stereocenters. The van der Waals surface area contributed by atoms with E-state index in [1.807, 2.05) is 44.4 Å². The number of amides is 1. The standard InChI is InChI=1S/C21H22FN3O2S/c1-13(2)27-17-7-8-19(18(22)10-17)23-11-21(26)25-16-6-4-5-15(9-16)20-12-28-14(3)24-20/h4-10,12-13,23H,11H2,1-3H3,(H,25,26). The highest BCUT2D eigenvalue weighted by molar-refractivity contribution is 7.09. The van der Waals surface area contributed by atoms with E-state index < -0.39 is 5.82 Å². The molecular weight excluding hydrogens is 377 g/mol. The van der Waals surface area contributed by atoms with Crippen molar-refractivity contribution >= 4 is 28.6 Å². The van der Waals surface area contributed by atoms with Crippen molar-refractivity contribution in [2.75, 3.05) is 17.2 Å². The Labute approximate surface area is 167 Å². The summed E-state index contributed by atoms with van der Waals surface area (Å²) in [6, 6.07) is 12.0. The number of benzene rings is 2. The van der Waals surface area contributed by atoms with Crippen molar-refractivity contribution in [3.05, 3.63) is 58.7 Å². The van der Waals surface area contributed by atoms with Crippen LogP contribution in [0.5, 0.6) is 5.75 Å². The first-order chi connectivity index (χ1) is 13.4. The van der Waals surface area contributed by atoms with Crippen LogP contribution in [0.4, 0.5) is 15.8 Å². The number of ether oxygens (including phenoxy) is 1. The van der Waals surface area contributed by atoms with Gasteiger partial charge in [-0.3, -0.25) is 4.79 Å². The molecule has 146 valence electrons. The van der Waals surface area contributed by atoms with Crippen molar-refractivity contribution in [1.29, 1.82) is 0 Å². The molecule has 2 aromatic carbocycles. The zero-order valence-electron chi connectivity index (χ0n) is 16.0. The molecule has 0 saturated carbocycles. The van der Waals surface area contributed by atoms with Gasteiger partial charge in [0.1, 0.15) is 11.6 Å². The van der Waals surface area contributed by atoms with Crippen molar-refractivity contribution in [1.82, 2.24) is 4.98 Å². The van der Waals surface area contributed by atoms with Crippen LogP contribution in [0.3, 0.4) is 0 Å². The minimum atomic E-state index is -0.466. The second-order valence-electron chi connectivity index (χ2n) is 6.54. The number of thiazole rings is 1. The van der Waals surface area contributed by atoms with E-state index in [0.717, 1.165) is 16.3 Å². The van der Waals surface area contributed by atoms with Crippen LogP contribution in [0.15, 0.2) is 47.8 Å². The maximum absolute atomic E-state index is 14.1. The first-order valence-electron chi connectivity index (χ1n) is 8.93. The average Bonchev–Trinajstić information content (AvgIpc) is 3.07. The lowest BCUT2D eigenvalue weighted by Gasteiger charge is -2.12. The lowest BCUT2D eigenvalue weighted by molar-refractivity contribution is -0.114. The molecule has 0 spiro atoms. The summed E-state index contributed by atoms with van der Waals surface area (Å²) in [4.78, 5) is 16.7. The summed E-state index contributed by atoms with van der Waals surface area (Å²) in [6.07, 6.45) is -0.0343. The van der Waals surface area contributed by atoms with Gasteiger partial charge in [0.25, 0.3) is 0 Å². The Balaban J connectivity index is 1.59. The van der Waals surface area contributed by atoms with Gasteiger partial charge in [0.05, 0.1) is 29.0 Å². The monoisotopic (exact) mass is 399 g/mol. The third-order valence-corrected chi connectivity index (χ3v) is 4.59. The quantitative estimate of drug-likeness (QED) is 0.580. The van der Waals surface area contributed by atoms with Crippen LogP contribution < -0.4 is 15.4 Å². The first-order valence-corrected chi connectivity index (χ1v) is 9.81. The van der Waals surface area contributed by atoms with Crippen molar-refractivity contribution in [3.8, 4) is 17.0 Å². The molecule has 0 aliphatic rings. The van der Waals surface area contributed by atoms with Crippen LogP contribution in [-0.4, -0.2) is 23.5 Å². The highest BCUT2D eigenvalue weighted by atomic mass is 32.1. The fourth-order valence-electron chi connectivity index (χ4n) is 2.62. The zero-order valence-corrected chi connectivity index (χ0v) is 16.8.